The molecule has 1 aromatic rings. The molecule has 1 saturated heterocycles. The molecule has 3 unspecified atom stereocenters. The van der Waals surface area contributed by atoms with Crippen molar-refractivity contribution in [2.45, 2.75) is 65.6 Å². The second-order valence-corrected chi connectivity index (χ2v) is 6.99. The van der Waals surface area contributed by atoms with Crippen LogP contribution in [-0.2, 0) is 4.74 Å². The van der Waals surface area contributed by atoms with Crippen molar-refractivity contribution in [3.63, 3.8) is 0 Å². The van der Waals surface area contributed by atoms with Crippen LogP contribution in [0.4, 0.5) is 5.13 Å². The number of hydrogen-bond acceptors (Lipinski definition) is 5. The Morgan fingerprint density at radius 1 is 1.48 bits per heavy atom. The Hall–Kier alpha value is -0.650. The van der Waals surface area contributed by atoms with Crippen molar-refractivity contribution in [2.24, 2.45) is 0 Å². The number of anilines is 1. The molecule has 4 nitrogen and oxygen atoms in total. The molecule has 0 amide bonds. The molecule has 21 heavy (non-hydrogen) atoms. The van der Waals surface area contributed by atoms with Crippen LogP contribution in [0.15, 0.2) is 0 Å². The van der Waals surface area contributed by atoms with Crippen molar-refractivity contribution >= 4 is 16.5 Å². The first kappa shape index (κ1) is 16.7. The third-order valence-electron chi connectivity index (χ3n) is 4.10. The van der Waals surface area contributed by atoms with E-state index in [0.29, 0.717) is 12.1 Å². The Balaban J connectivity index is 2.16. The van der Waals surface area contributed by atoms with Gasteiger partial charge < -0.3 is 15.0 Å². The summed E-state index contributed by atoms with van der Waals surface area (Å²) in [6, 6.07) is 0.841. The molecule has 0 radical (unpaired) electrons. The van der Waals surface area contributed by atoms with E-state index < -0.39 is 0 Å². The molecule has 1 aliphatic rings. The van der Waals surface area contributed by atoms with E-state index in [2.05, 4.69) is 44.8 Å². The minimum absolute atomic E-state index is 0.288. The summed E-state index contributed by atoms with van der Waals surface area (Å²) in [7, 11) is 0. The van der Waals surface area contributed by atoms with Crippen molar-refractivity contribution in [1.82, 2.24) is 10.3 Å². The quantitative estimate of drug-likeness (QED) is 0.872. The van der Waals surface area contributed by atoms with Gasteiger partial charge in [0.25, 0.3) is 0 Å². The molecule has 1 fully saturated rings. The standard InChI is InChI=1S/C16H29N3OS/c1-6-8-17-12(4)15-13(5)18-16(21-15)19-9-11(3)20-10-14(19)7-2/h11-12,14,17H,6-10H2,1-5H3. The highest BCUT2D eigenvalue weighted by molar-refractivity contribution is 7.15. The van der Waals surface area contributed by atoms with Crippen LogP contribution < -0.4 is 10.2 Å². The smallest absolute Gasteiger partial charge is 0.186 e. The first-order valence-corrected chi connectivity index (χ1v) is 8.97. The van der Waals surface area contributed by atoms with Gasteiger partial charge in [0, 0.05) is 17.5 Å². The summed E-state index contributed by atoms with van der Waals surface area (Å²) in [6.45, 7) is 13.8. The summed E-state index contributed by atoms with van der Waals surface area (Å²) in [5.74, 6) is 0. The van der Waals surface area contributed by atoms with Gasteiger partial charge in [0.15, 0.2) is 5.13 Å². The van der Waals surface area contributed by atoms with E-state index in [4.69, 9.17) is 9.72 Å². The minimum atomic E-state index is 0.288. The Labute approximate surface area is 132 Å². The SMILES string of the molecule is CCCNC(C)c1sc(N2CC(C)OCC2CC)nc1C. The van der Waals surface area contributed by atoms with E-state index >= 15 is 0 Å². The lowest BCUT2D eigenvalue weighted by molar-refractivity contribution is 0.0299. The molecular formula is C16H29N3OS. The molecule has 2 heterocycles. The van der Waals surface area contributed by atoms with Gasteiger partial charge >= 0.3 is 0 Å². The average Bonchev–Trinajstić information content (AvgIpc) is 2.86. The van der Waals surface area contributed by atoms with E-state index in [0.717, 1.165) is 37.7 Å². The van der Waals surface area contributed by atoms with Crippen LogP contribution >= 0.6 is 11.3 Å². The van der Waals surface area contributed by atoms with Gasteiger partial charge in [-0.1, -0.05) is 13.8 Å². The predicted octanol–water partition coefficient (Wildman–Crippen LogP) is 3.52. The van der Waals surface area contributed by atoms with Crippen LogP contribution in [0.1, 0.15) is 57.1 Å². The van der Waals surface area contributed by atoms with Gasteiger partial charge in [-0.3, -0.25) is 0 Å². The first-order chi connectivity index (χ1) is 10.1. The normalized spacial score (nSPS) is 24.3. The second kappa shape index (κ2) is 7.56. The maximum absolute atomic E-state index is 5.79. The highest BCUT2D eigenvalue weighted by Crippen LogP contribution is 2.33. The number of rotatable bonds is 6. The zero-order valence-electron chi connectivity index (χ0n) is 14.0. The predicted molar refractivity (Wildman–Crippen MR) is 90.4 cm³/mol. The lowest BCUT2D eigenvalue weighted by Crippen LogP contribution is -2.48. The number of aromatic nitrogens is 1. The van der Waals surface area contributed by atoms with Gasteiger partial charge in [0.05, 0.1) is 24.4 Å². The lowest BCUT2D eigenvalue weighted by atomic mass is 10.1. The Morgan fingerprint density at radius 3 is 2.90 bits per heavy atom. The molecule has 5 heteroatoms. The Kier molecular flexibility index (Phi) is 6.02. The van der Waals surface area contributed by atoms with E-state index in [1.165, 1.54) is 10.6 Å². The molecule has 1 N–H and O–H groups in total. The second-order valence-electron chi connectivity index (χ2n) is 5.98. The van der Waals surface area contributed by atoms with Crippen LogP contribution in [0, 0.1) is 6.92 Å². The molecule has 0 bridgehead atoms. The topological polar surface area (TPSA) is 37.4 Å². The largest absolute Gasteiger partial charge is 0.375 e. The number of nitrogens with one attached hydrogen (secondary N) is 1. The first-order valence-electron chi connectivity index (χ1n) is 8.15. The van der Waals surface area contributed by atoms with Gasteiger partial charge in [0.2, 0.25) is 0 Å². The lowest BCUT2D eigenvalue weighted by Gasteiger charge is -2.38. The van der Waals surface area contributed by atoms with Crippen LogP contribution in [-0.4, -0.2) is 36.8 Å². The number of aryl methyl sites for hydroxylation is 1. The van der Waals surface area contributed by atoms with E-state index in [1.54, 1.807) is 0 Å². The zero-order valence-corrected chi connectivity index (χ0v) is 14.8. The van der Waals surface area contributed by atoms with Crippen molar-refractivity contribution in [1.29, 1.82) is 0 Å². The molecule has 0 spiro atoms. The highest BCUT2D eigenvalue weighted by Gasteiger charge is 2.28. The van der Waals surface area contributed by atoms with Crippen LogP contribution in [0.2, 0.25) is 0 Å². The zero-order chi connectivity index (χ0) is 15.4. The summed E-state index contributed by atoms with van der Waals surface area (Å²) in [6.07, 6.45) is 2.55. The third kappa shape index (κ3) is 3.96. The van der Waals surface area contributed by atoms with Crippen molar-refractivity contribution in [2.75, 3.05) is 24.6 Å². The third-order valence-corrected chi connectivity index (χ3v) is 5.48. The van der Waals surface area contributed by atoms with Gasteiger partial charge in [-0.25, -0.2) is 4.98 Å². The van der Waals surface area contributed by atoms with Crippen molar-refractivity contribution in [3.05, 3.63) is 10.6 Å². The molecule has 120 valence electrons. The fraction of sp³-hybridized carbons (Fsp3) is 0.812. The Morgan fingerprint density at radius 2 is 2.24 bits per heavy atom. The molecule has 1 aliphatic heterocycles. The Bertz CT molecular complexity index is 449. The number of nitrogens with zero attached hydrogens (tertiary/aromatic N) is 2. The maximum atomic E-state index is 5.79. The van der Waals surface area contributed by atoms with Gasteiger partial charge in [-0.2, -0.15) is 0 Å². The van der Waals surface area contributed by atoms with E-state index in [9.17, 15) is 0 Å². The van der Waals surface area contributed by atoms with Crippen molar-refractivity contribution in [3.8, 4) is 0 Å². The maximum Gasteiger partial charge on any atom is 0.186 e. The highest BCUT2D eigenvalue weighted by atomic mass is 32.1. The summed E-state index contributed by atoms with van der Waals surface area (Å²) in [5, 5.41) is 4.73. The van der Waals surface area contributed by atoms with Crippen LogP contribution in [0.5, 0.6) is 0 Å². The number of hydrogen-bond donors (Lipinski definition) is 1. The number of morpholine rings is 1. The van der Waals surface area contributed by atoms with Gasteiger partial charge in [0.1, 0.15) is 0 Å². The van der Waals surface area contributed by atoms with E-state index in [1.807, 2.05) is 11.3 Å². The summed E-state index contributed by atoms with van der Waals surface area (Å²) in [5.41, 5.74) is 1.17. The molecule has 0 aromatic carbocycles. The van der Waals surface area contributed by atoms with Crippen molar-refractivity contribution < 1.29 is 4.74 Å². The van der Waals surface area contributed by atoms with Crippen LogP contribution in [0.25, 0.3) is 0 Å². The fourth-order valence-corrected chi connectivity index (χ4v) is 3.96. The fourth-order valence-electron chi connectivity index (χ4n) is 2.79. The molecule has 0 saturated carbocycles. The van der Waals surface area contributed by atoms with E-state index in [-0.39, 0.29) is 6.10 Å². The molecular weight excluding hydrogens is 282 g/mol. The van der Waals surface area contributed by atoms with Gasteiger partial charge in [-0.05, 0) is 40.2 Å². The minimum Gasteiger partial charge on any atom is -0.375 e. The number of ether oxygens (including phenoxy) is 1. The molecule has 2 rings (SSSR count). The summed E-state index contributed by atoms with van der Waals surface area (Å²) < 4.78 is 5.79. The molecule has 1 aromatic heterocycles. The monoisotopic (exact) mass is 311 g/mol. The summed E-state index contributed by atoms with van der Waals surface area (Å²) >= 11 is 1.84. The average molecular weight is 311 g/mol. The van der Waals surface area contributed by atoms with Gasteiger partial charge in [-0.15, -0.1) is 11.3 Å². The summed E-state index contributed by atoms with van der Waals surface area (Å²) in [4.78, 5) is 8.66. The number of thiazole rings is 1. The molecule has 0 aliphatic carbocycles. The molecule has 3 atom stereocenters. The van der Waals surface area contributed by atoms with Crippen LogP contribution in [0.3, 0.4) is 0 Å².